The minimum atomic E-state index is -2.92. The number of fused-ring (bicyclic) bond motifs is 8. The van der Waals surface area contributed by atoms with Gasteiger partial charge in [-0.25, -0.2) is 0 Å². The van der Waals surface area contributed by atoms with E-state index in [4.69, 9.17) is 0 Å². The molecule has 2 heterocycles. The van der Waals surface area contributed by atoms with Gasteiger partial charge in [0.25, 0.3) is 0 Å². The molecule has 9 aromatic carbocycles. The second-order valence-corrected chi connectivity index (χ2v) is 20.0. The predicted molar refractivity (Wildman–Crippen MR) is 246 cm³/mol. The quantitative estimate of drug-likeness (QED) is 0.155. The Kier molecular flexibility index (Phi) is 8.39. The molecule has 3 heteroatoms. The molecule has 0 radical (unpaired) electrons. The molecule has 2 aliphatic heterocycles. The lowest BCUT2D eigenvalue weighted by atomic mass is 9.64. The van der Waals surface area contributed by atoms with Crippen LogP contribution in [0.4, 0.5) is 17.1 Å². The zero-order valence-corrected chi connectivity index (χ0v) is 33.7. The summed E-state index contributed by atoms with van der Waals surface area (Å²) in [5.41, 5.74) is 10.6. The zero-order valence-electron chi connectivity index (χ0n) is 31.9. The third-order valence-corrected chi connectivity index (χ3v) is 18.3. The predicted octanol–water partition coefficient (Wildman–Crippen LogP) is 11.4. The van der Waals surface area contributed by atoms with Crippen LogP contribution in [-0.4, -0.2) is 8.07 Å². The van der Waals surface area contributed by atoms with Gasteiger partial charge in [0.05, 0.1) is 5.41 Å². The number of para-hydroxylation sites is 1. The fraction of sp³-hybridized carbons (Fsp3) is 0.0182. The molecule has 9 aromatic rings. The van der Waals surface area contributed by atoms with Gasteiger partial charge >= 0.3 is 0 Å². The number of nitrogens with zero attached hydrogens (tertiary/aromatic N) is 1. The average Bonchev–Trinajstić information content (AvgIpc) is 3.31. The van der Waals surface area contributed by atoms with Gasteiger partial charge in [-0.1, -0.05) is 200 Å². The van der Waals surface area contributed by atoms with Crippen LogP contribution in [0, 0.1) is 0 Å². The second-order valence-electron chi connectivity index (χ2n) is 15.2. The minimum absolute atomic E-state index is 0.569. The van der Waals surface area contributed by atoms with Crippen LogP contribution in [0.15, 0.2) is 246 Å². The molecule has 0 aromatic heterocycles. The molecule has 1 nitrogen and oxygen atoms in total. The van der Waals surface area contributed by atoms with Crippen LogP contribution in [0.2, 0.25) is 0 Å². The van der Waals surface area contributed by atoms with Crippen LogP contribution in [0.25, 0.3) is 11.1 Å². The van der Waals surface area contributed by atoms with Gasteiger partial charge in [-0.05, 0) is 103 Å². The monoisotopic (exact) mass is 773 g/mol. The molecule has 0 unspecified atom stereocenters. The molecule has 0 amide bonds. The normalized spacial score (nSPS) is 14.1. The third-order valence-electron chi connectivity index (χ3n) is 12.3. The molecular formula is C55H39NSSi. The highest BCUT2D eigenvalue weighted by atomic mass is 32.2. The zero-order chi connectivity index (χ0) is 38.5. The molecule has 2 aliphatic rings. The first-order chi connectivity index (χ1) is 28.8. The number of benzene rings is 9. The summed E-state index contributed by atoms with van der Waals surface area (Å²) in [7, 11) is -2.92. The van der Waals surface area contributed by atoms with Gasteiger partial charge in [-0.3, -0.25) is 0 Å². The van der Waals surface area contributed by atoms with Gasteiger partial charge in [0.2, 0.25) is 0 Å². The number of hydrogen-bond acceptors (Lipinski definition) is 2. The molecule has 0 saturated carbocycles. The second kappa shape index (κ2) is 14.1. The summed E-state index contributed by atoms with van der Waals surface area (Å²) in [5, 5.41) is 5.65. The molecule has 11 rings (SSSR count). The summed E-state index contributed by atoms with van der Waals surface area (Å²) < 4.78 is 0. The molecule has 0 fully saturated rings. The first-order valence-electron chi connectivity index (χ1n) is 20.0. The van der Waals surface area contributed by atoms with E-state index in [-0.39, 0.29) is 0 Å². The largest absolute Gasteiger partial charge is 0.310 e. The van der Waals surface area contributed by atoms with Crippen molar-refractivity contribution in [3.63, 3.8) is 0 Å². The van der Waals surface area contributed by atoms with E-state index >= 15 is 0 Å². The van der Waals surface area contributed by atoms with Crippen LogP contribution in [0.5, 0.6) is 0 Å². The Labute approximate surface area is 346 Å². The van der Waals surface area contributed by atoms with E-state index in [1.54, 1.807) is 0 Å². The highest BCUT2D eigenvalue weighted by Gasteiger charge is 2.57. The van der Waals surface area contributed by atoms with Crippen molar-refractivity contribution in [3.8, 4) is 11.1 Å². The van der Waals surface area contributed by atoms with Crippen molar-refractivity contribution < 1.29 is 0 Å². The highest BCUT2D eigenvalue weighted by Crippen LogP contribution is 2.57. The van der Waals surface area contributed by atoms with E-state index in [0.717, 1.165) is 17.1 Å². The fourth-order valence-corrected chi connectivity index (χ4v) is 16.4. The van der Waals surface area contributed by atoms with Gasteiger partial charge in [0.15, 0.2) is 8.07 Å². The van der Waals surface area contributed by atoms with Crippen LogP contribution < -0.4 is 25.6 Å². The van der Waals surface area contributed by atoms with Gasteiger partial charge < -0.3 is 4.90 Å². The average molecular weight is 774 g/mol. The molecule has 58 heavy (non-hydrogen) atoms. The van der Waals surface area contributed by atoms with E-state index < -0.39 is 13.5 Å². The molecule has 0 aliphatic carbocycles. The maximum absolute atomic E-state index is 2.92. The topological polar surface area (TPSA) is 3.24 Å². The fourth-order valence-electron chi connectivity index (χ4n) is 9.93. The van der Waals surface area contributed by atoms with Gasteiger partial charge in [0, 0.05) is 26.9 Å². The molecule has 0 N–H and O–H groups in total. The Morgan fingerprint density at radius 2 is 0.759 bits per heavy atom. The molecule has 0 saturated heterocycles. The van der Waals surface area contributed by atoms with Crippen molar-refractivity contribution in [1.82, 2.24) is 0 Å². The summed E-state index contributed by atoms with van der Waals surface area (Å²) in [4.78, 5) is 5.04. The SMILES string of the molecule is c1ccc(-c2ccc(N(c3ccccc3)c3ccc4c(c3)C3(c5ccccc5Sc5ccccc53)c3ccccc3[Si]4(c3ccccc3)c3ccccc3)cc2)cc1. The summed E-state index contributed by atoms with van der Waals surface area (Å²) in [5.74, 6) is 0. The van der Waals surface area contributed by atoms with Crippen molar-refractivity contribution in [2.24, 2.45) is 0 Å². The summed E-state index contributed by atoms with van der Waals surface area (Å²) >= 11 is 1.90. The van der Waals surface area contributed by atoms with Gasteiger partial charge in [-0.2, -0.15) is 0 Å². The Balaban J connectivity index is 1.27. The number of anilines is 3. The van der Waals surface area contributed by atoms with Crippen LogP contribution >= 0.6 is 11.8 Å². The first kappa shape index (κ1) is 34.6. The van der Waals surface area contributed by atoms with Gasteiger partial charge in [-0.15, -0.1) is 0 Å². The molecule has 274 valence electrons. The Hall–Kier alpha value is -6.65. The molecule has 0 atom stereocenters. The van der Waals surface area contributed by atoms with Crippen LogP contribution in [0.3, 0.4) is 0 Å². The Bertz CT molecular complexity index is 2830. The lowest BCUT2D eigenvalue weighted by Crippen LogP contribution is -2.79. The minimum Gasteiger partial charge on any atom is -0.310 e. The summed E-state index contributed by atoms with van der Waals surface area (Å²) in [6.45, 7) is 0. The van der Waals surface area contributed by atoms with E-state index in [9.17, 15) is 0 Å². The third kappa shape index (κ3) is 5.17. The number of hydrogen-bond donors (Lipinski definition) is 0. The van der Waals surface area contributed by atoms with Crippen molar-refractivity contribution in [3.05, 3.63) is 259 Å². The standard InChI is InChI=1S/C55H39NSSi/c1-5-19-40(20-6-1)41-33-35-43(36-34-41)56(42-21-7-2-8-22-42)44-37-38-54-50(39-44)55(47-27-13-16-30-51(47)57-52-31-17-14-28-48(52)55)49-29-15-18-32-53(49)58(54,45-23-9-3-10-24-45)46-25-11-4-12-26-46/h1-39H. The molecular weight excluding hydrogens is 735 g/mol. The van der Waals surface area contributed by atoms with Crippen LogP contribution in [-0.2, 0) is 5.41 Å². The van der Waals surface area contributed by atoms with Crippen molar-refractivity contribution >= 4 is 57.6 Å². The van der Waals surface area contributed by atoms with Crippen molar-refractivity contribution in [2.75, 3.05) is 4.90 Å². The lowest BCUT2D eigenvalue weighted by Gasteiger charge is -2.52. The highest BCUT2D eigenvalue weighted by molar-refractivity contribution is 7.99. The van der Waals surface area contributed by atoms with E-state index in [2.05, 4.69) is 241 Å². The Morgan fingerprint density at radius 3 is 1.36 bits per heavy atom. The van der Waals surface area contributed by atoms with Crippen LogP contribution in [0.1, 0.15) is 22.3 Å². The maximum Gasteiger partial charge on any atom is 0.180 e. The smallest absolute Gasteiger partial charge is 0.180 e. The van der Waals surface area contributed by atoms with E-state index in [1.807, 2.05) is 11.8 Å². The first-order valence-corrected chi connectivity index (χ1v) is 22.8. The van der Waals surface area contributed by atoms with Crippen molar-refractivity contribution in [2.45, 2.75) is 15.2 Å². The summed E-state index contributed by atoms with van der Waals surface area (Å²) in [6, 6.07) is 88.5. The van der Waals surface area contributed by atoms with Gasteiger partial charge in [0.1, 0.15) is 0 Å². The Morgan fingerprint density at radius 1 is 0.328 bits per heavy atom. The number of rotatable bonds is 6. The van der Waals surface area contributed by atoms with E-state index in [1.165, 1.54) is 63.9 Å². The van der Waals surface area contributed by atoms with Crippen molar-refractivity contribution in [1.29, 1.82) is 0 Å². The molecule has 0 bridgehead atoms. The van der Waals surface area contributed by atoms with E-state index in [0.29, 0.717) is 0 Å². The summed E-state index contributed by atoms with van der Waals surface area (Å²) in [6.07, 6.45) is 0. The maximum atomic E-state index is 2.56. The molecule has 1 spiro atoms. The lowest BCUT2D eigenvalue weighted by molar-refractivity contribution is 0.707.